The summed E-state index contributed by atoms with van der Waals surface area (Å²) in [5.74, 6) is 0. The fraction of sp³-hybridized carbons (Fsp3) is 1.00. The van der Waals surface area contributed by atoms with Gasteiger partial charge in [0, 0.05) is 13.1 Å². The van der Waals surface area contributed by atoms with E-state index in [1.54, 1.807) is 0 Å². The van der Waals surface area contributed by atoms with Crippen LogP contribution in [0.3, 0.4) is 0 Å². The largest absolute Gasteiger partial charge is 0.227 e. The molecule has 2 N–H and O–H groups in total. The molecule has 0 fully saturated rings. The Labute approximate surface area is 181 Å². The lowest BCUT2D eigenvalue weighted by Crippen LogP contribution is -2.36. The van der Waals surface area contributed by atoms with E-state index in [9.17, 15) is 16.8 Å². The quantitative estimate of drug-likeness (QED) is 0.224. The molecule has 29 heavy (non-hydrogen) atoms. The molecule has 0 unspecified atom stereocenters. The summed E-state index contributed by atoms with van der Waals surface area (Å²) in [6.07, 6.45) is 18.1. The highest BCUT2D eigenvalue weighted by atomic mass is 32.3. The SMILES string of the molecule is CCCCCCCCCCNS(=O)(=O)CS(=O)(=O)NCCCCCCCCCC. The summed E-state index contributed by atoms with van der Waals surface area (Å²) in [6.45, 7) is 5.01. The molecule has 0 atom stereocenters. The predicted octanol–water partition coefficient (Wildman–Crippen LogP) is 5.06. The summed E-state index contributed by atoms with van der Waals surface area (Å²) in [5, 5.41) is -0.881. The van der Waals surface area contributed by atoms with Gasteiger partial charge in [0.1, 0.15) is 0 Å². The Balaban J connectivity index is 3.75. The molecule has 0 saturated carbocycles. The zero-order chi connectivity index (χ0) is 21.8. The predicted molar refractivity (Wildman–Crippen MR) is 124 cm³/mol. The van der Waals surface area contributed by atoms with Gasteiger partial charge in [-0.15, -0.1) is 0 Å². The van der Waals surface area contributed by atoms with Gasteiger partial charge >= 0.3 is 0 Å². The van der Waals surface area contributed by atoms with Crippen LogP contribution in [0.2, 0.25) is 0 Å². The maximum absolute atomic E-state index is 12.0. The fourth-order valence-corrected chi connectivity index (χ4v) is 6.47. The molecule has 8 heteroatoms. The maximum Gasteiger partial charge on any atom is 0.227 e. The monoisotopic (exact) mass is 454 g/mol. The molecule has 0 aromatic heterocycles. The van der Waals surface area contributed by atoms with Crippen LogP contribution in [-0.2, 0) is 20.0 Å². The van der Waals surface area contributed by atoms with Crippen LogP contribution < -0.4 is 9.44 Å². The van der Waals surface area contributed by atoms with E-state index < -0.39 is 25.1 Å². The molecule has 0 aliphatic carbocycles. The van der Waals surface area contributed by atoms with Gasteiger partial charge < -0.3 is 0 Å². The van der Waals surface area contributed by atoms with Crippen molar-refractivity contribution < 1.29 is 16.8 Å². The van der Waals surface area contributed by atoms with Gasteiger partial charge in [0.15, 0.2) is 5.08 Å². The molecule has 0 amide bonds. The lowest BCUT2D eigenvalue weighted by molar-refractivity contribution is 0.554. The van der Waals surface area contributed by atoms with E-state index in [0.29, 0.717) is 13.1 Å². The lowest BCUT2D eigenvalue weighted by Gasteiger charge is -2.09. The number of sulfonamides is 2. The molecule has 176 valence electrons. The zero-order valence-electron chi connectivity index (χ0n) is 18.9. The van der Waals surface area contributed by atoms with Crippen molar-refractivity contribution >= 4 is 20.0 Å². The second-order valence-electron chi connectivity index (χ2n) is 8.09. The first-order valence-electron chi connectivity index (χ1n) is 11.8. The van der Waals surface area contributed by atoms with Gasteiger partial charge in [-0.3, -0.25) is 0 Å². The lowest BCUT2D eigenvalue weighted by atomic mass is 10.1. The standard InChI is InChI=1S/C21H46N2O4S2/c1-3-5-7-9-11-13-15-17-19-22-28(24,25)21-29(26,27)23-20-18-16-14-12-10-8-6-4-2/h22-23H,3-21H2,1-2H3. The third-order valence-corrected chi connectivity index (χ3v) is 8.79. The normalized spacial score (nSPS) is 12.5. The summed E-state index contributed by atoms with van der Waals surface area (Å²) in [6, 6.07) is 0. The van der Waals surface area contributed by atoms with Crippen LogP contribution in [0.15, 0.2) is 0 Å². The van der Waals surface area contributed by atoms with Crippen molar-refractivity contribution in [2.75, 3.05) is 18.2 Å². The molecule has 0 heterocycles. The van der Waals surface area contributed by atoms with Gasteiger partial charge in [-0.1, -0.05) is 104 Å². The third-order valence-electron chi connectivity index (χ3n) is 5.01. The Bertz CT molecular complexity index is 513. The first-order valence-corrected chi connectivity index (χ1v) is 15.1. The van der Waals surface area contributed by atoms with E-state index in [4.69, 9.17) is 0 Å². The summed E-state index contributed by atoms with van der Waals surface area (Å²) in [4.78, 5) is 0. The average Bonchev–Trinajstić information content (AvgIpc) is 2.64. The van der Waals surface area contributed by atoms with E-state index in [1.807, 2.05) is 0 Å². The Kier molecular flexibility index (Phi) is 18.5. The molecule has 6 nitrogen and oxygen atoms in total. The van der Waals surface area contributed by atoms with Gasteiger partial charge in [0.2, 0.25) is 20.0 Å². The highest BCUT2D eigenvalue weighted by Gasteiger charge is 2.21. The Hall–Kier alpha value is -0.180. The Morgan fingerprint density at radius 2 is 0.724 bits per heavy atom. The van der Waals surface area contributed by atoms with Gasteiger partial charge in [-0.25, -0.2) is 26.3 Å². The number of rotatable bonds is 22. The molecule has 0 rings (SSSR count). The van der Waals surface area contributed by atoms with Crippen LogP contribution in [0.1, 0.15) is 117 Å². The summed E-state index contributed by atoms with van der Waals surface area (Å²) in [7, 11) is -7.61. The average molecular weight is 455 g/mol. The maximum atomic E-state index is 12.0. The molecule has 0 spiro atoms. The smallest absolute Gasteiger partial charge is 0.214 e. The number of nitrogens with one attached hydrogen (secondary N) is 2. The second kappa shape index (κ2) is 18.6. The van der Waals surface area contributed by atoms with E-state index in [1.165, 1.54) is 64.2 Å². The molecular formula is C21H46N2O4S2. The van der Waals surface area contributed by atoms with Crippen molar-refractivity contribution in [1.29, 1.82) is 0 Å². The van der Waals surface area contributed by atoms with Gasteiger partial charge in [0.05, 0.1) is 0 Å². The summed E-state index contributed by atoms with van der Waals surface area (Å²) >= 11 is 0. The Morgan fingerprint density at radius 1 is 0.448 bits per heavy atom. The van der Waals surface area contributed by atoms with Crippen LogP contribution in [0, 0.1) is 0 Å². The van der Waals surface area contributed by atoms with Crippen molar-refractivity contribution in [3.63, 3.8) is 0 Å². The van der Waals surface area contributed by atoms with Crippen LogP contribution in [0.4, 0.5) is 0 Å². The number of unbranched alkanes of at least 4 members (excludes halogenated alkanes) is 14. The van der Waals surface area contributed by atoms with Crippen molar-refractivity contribution in [3.8, 4) is 0 Å². The van der Waals surface area contributed by atoms with E-state index in [-0.39, 0.29) is 0 Å². The minimum Gasteiger partial charge on any atom is -0.214 e. The highest BCUT2D eigenvalue weighted by Crippen LogP contribution is 2.09. The summed E-state index contributed by atoms with van der Waals surface area (Å²) in [5.41, 5.74) is 0. The van der Waals surface area contributed by atoms with Gasteiger partial charge in [0.25, 0.3) is 0 Å². The van der Waals surface area contributed by atoms with E-state index in [0.717, 1.165) is 38.5 Å². The minimum atomic E-state index is -3.80. The van der Waals surface area contributed by atoms with Crippen molar-refractivity contribution in [1.82, 2.24) is 9.44 Å². The molecule has 0 aliphatic rings. The molecule has 0 aromatic carbocycles. The molecule has 0 aromatic rings. The molecule has 0 aliphatic heterocycles. The van der Waals surface area contributed by atoms with E-state index in [2.05, 4.69) is 23.3 Å². The van der Waals surface area contributed by atoms with Gasteiger partial charge in [-0.05, 0) is 12.8 Å². The minimum absolute atomic E-state index is 0.310. The third kappa shape index (κ3) is 20.9. The molecule has 0 bridgehead atoms. The van der Waals surface area contributed by atoms with Crippen LogP contribution in [0.25, 0.3) is 0 Å². The van der Waals surface area contributed by atoms with Crippen molar-refractivity contribution in [3.05, 3.63) is 0 Å². The topological polar surface area (TPSA) is 92.3 Å². The Morgan fingerprint density at radius 3 is 1.03 bits per heavy atom. The van der Waals surface area contributed by atoms with Crippen LogP contribution in [-0.4, -0.2) is 35.0 Å². The first-order chi connectivity index (χ1) is 13.8. The first kappa shape index (κ1) is 28.8. The van der Waals surface area contributed by atoms with Crippen molar-refractivity contribution in [2.24, 2.45) is 0 Å². The van der Waals surface area contributed by atoms with Crippen LogP contribution >= 0.6 is 0 Å². The molecule has 0 saturated heterocycles. The molecule has 0 radical (unpaired) electrons. The fourth-order valence-electron chi connectivity index (χ4n) is 3.26. The van der Waals surface area contributed by atoms with E-state index >= 15 is 0 Å². The highest BCUT2D eigenvalue weighted by molar-refractivity contribution is 8.06. The van der Waals surface area contributed by atoms with Gasteiger partial charge in [-0.2, -0.15) is 0 Å². The number of hydrogen-bond donors (Lipinski definition) is 2. The second-order valence-corrected chi connectivity index (χ2v) is 12.1. The summed E-state index contributed by atoms with van der Waals surface area (Å²) < 4.78 is 52.8. The molecular weight excluding hydrogens is 408 g/mol. The number of hydrogen-bond acceptors (Lipinski definition) is 4. The zero-order valence-corrected chi connectivity index (χ0v) is 20.5. The van der Waals surface area contributed by atoms with Crippen LogP contribution in [0.5, 0.6) is 0 Å². The van der Waals surface area contributed by atoms with Crippen molar-refractivity contribution in [2.45, 2.75) is 117 Å².